The summed E-state index contributed by atoms with van der Waals surface area (Å²) in [5, 5.41) is 2.80. The van der Waals surface area contributed by atoms with Gasteiger partial charge in [-0.05, 0) is 43.9 Å². The first-order valence-corrected chi connectivity index (χ1v) is 11.3. The van der Waals surface area contributed by atoms with Crippen molar-refractivity contribution in [1.29, 1.82) is 0 Å². The molecule has 1 aliphatic rings. The summed E-state index contributed by atoms with van der Waals surface area (Å²) in [5.74, 6) is 1.14. The molecule has 1 aromatic rings. The second kappa shape index (κ2) is 8.93. The van der Waals surface area contributed by atoms with Crippen LogP contribution in [0.2, 0.25) is 0 Å². The molecule has 1 heterocycles. The first-order chi connectivity index (χ1) is 12.6. The number of urea groups is 1. The minimum Gasteiger partial charge on any atom is -0.491 e. The summed E-state index contributed by atoms with van der Waals surface area (Å²) in [7, 11) is -3.39. The van der Waals surface area contributed by atoms with Crippen molar-refractivity contribution in [2.45, 2.75) is 58.2 Å². The van der Waals surface area contributed by atoms with Gasteiger partial charge in [0.15, 0.2) is 0 Å². The molecule has 1 aromatic carbocycles. The molecule has 2 amide bonds. The Hall–Kier alpha value is -1.80. The van der Waals surface area contributed by atoms with Crippen molar-refractivity contribution in [3.05, 3.63) is 29.8 Å². The number of amides is 2. The molecular weight excluding hydrogens is 366 g/mol. The summed E-state index contributed by atoms with van der Waals surface area (Å²) in [6.07, 6.45) is 1.68. The largest absolute Gasteiger partial charge is 0.491 e. The highest BCUT2D eigenvalue weighted by atomic mass is 32.2. The zero-order chi connectivity index (χ0) is 20.2. The van der Waals surface area contributed by atoms with Crippen LogP contribution >= 0.6 is 0 Å². The summed E-state index contributed by atoms with van der Waals surface area (Å²) >= 11 is 0. The van der Waals surface area contributed by atoms with E-state index in [-0.39, 0.29) is 30.8 Å². The van der Waals surface area contributed by atoms with Gasteiger partial charge in [-0.15, -0.1) is 0 Å². The van der Waals surface area contributed by atoms with Crippen molar-refractivity contribution in [1.82, 2.24) is 14.9 Å². The van der Waals surface area contributed by atoms with Crippen LogP contribution in [-0.4, -0.2) is 56.9 Å². The molecule has 27 heavy (non-hydrogen) atoms. The molecule has 1 fully saturated rings. The lowest BCUT2D eigenvalue weighted by Crippen LogP contribution is -2.53. The van der Waals surface area contributed by atoms with E-state index in [1.807, 2.05) is 38.1 Å². The third kappa shape index (κ3) is 5.84. The maximum atomic E-state index is 12.5. The minimum absolute atomic E-state index is 0.0901. The second-order valence-corrected chi connectivity index (χ2v) is 9.21. The Kier molecular flexibility index (Phi) is 7.11. The fourth-order valence-corrected chi connectivity index (χ4v) is 4.28. The fraction of sp³-hybridized carbons (Fsp3) is 0.632. The zero-order valence-electron chi connectivity index (χ0n) is 16.7. The van der Waals surface area contributed by atoms with Crippen molar-refractivity contribution >= 4 is 16.1 Å². The summed E-state index contributed by atoms with van der Waals surface area (Å²) in [6, 6.07) is 6.79. The van der Waals surface area contributed by atoms with Crippen molar-refractivity contribution in [2.75, 3.05) is 19.4 Å². The number of nitrogens with zero attached hydrogens (tertiary/aromatic N) is 1. The highest BCUT2D eigenvalue weighted by molar-refractivity contribution is 7.88. The van der Waals surface area contributed by atoms with Crippen LogP contribution in [0, 0.1) is 0 Å². The van der Waals surface area contributed by atoms with Crippen LogP contribution in [0.25, 0.3) is 0 Å². The highest BCUT2D eigenvalue weighted by Crippen LogP contribution is 2.27. The summed E-state index contributed by atoms with van der Waals surface area (Å²) in [4.78, 5) is 14.2. The molecule has 0 spiro atoms. The summed E-state index contributed by atoms with van der Waals surface area (Å²) in [6.45, 7) is 8.76. The monoisotopic (exact) mass is 397 g/mol. The van der Waals surface area contributed by atoms with Gasteiger partial charge in [0.1, 0.15) is 12.4 Å². The van der Waals surface area contributed by atoms with Crippen molar-refractivity contribution in [2.24, 2.45) is 0 Å². The average molecular weight is 398 g/mol. The lowest BCUT2D eigenvalue weighted by atomic mass is 10.0. The van der Waals surface area contributed by atoms with Gasteiger partial charge in [-0.2, -0.15) is 0 Å². The van der Waals surface area contributed by atoms with Gasteiger partial charge in [0.25, 0.3) is 0 Å². The quantitative estimate of drug-likeness (QED) is 0.739. The molecule has 2 N–H and O–H groups in total. The van der Waals surface area contributed by atoms with E-state index < -0.39 is 10.0 Å². The van der Waals surface area contributed by atoms with Crippen LogP contribution in [-0.2, 0) is 10.0 Å². The Bertz CT molecular complexity index is 734. The molecule has 0 bridgehead atoms. The highest BCUT2D eigenvalue weighted by Gasteiger charge is 2.43. The lowest BCUT2D eigenvalue weighted by molar-refractivity contribution is 0.144. The molecule has 0 radical (unpaired) electrons. The van der Waals surface area contributed by atoms with Crippen LogP contribution in [0.5, 0.6) is 5.75 Å². The van der Waals surface area contributed by atoms with Gasteiger partial charge in [-0.3, -0.25) is 0 Å². The van der Waals surface area contributed by atoms with Gasteiger partial charge in [-0.1, -0.05) is 26.0 Å². The van der Waals surface area contributed by atoms with Crippen LogP contribution < -0.4 is 14.8 Å². The second-order valence-electron chi connectivity index (χ2n) is 7.43. The summed E-state index contributed by atoms with van der Waals surface area (Å²) in [5.41, 5.74) is 1.22. The van der Waals surface area contributed by atoms with E-state index in [0.29, 0.717) is 24.6 Å². The number of likely N-dealkylation sites (tertiary alicyclic amines) is 1. The Balaban J connectivity index is 2.15. The Morgan fingerprint density at radius 2 is 1.93 bits per heavy atom. The van der Waals surface area contributed by atoms with E-state index in [2.05, 4.69) is 23.9 Å². The molecular formula is C19H31N3O4S. The maximum Gasteiger partial charge on any atom is 0.318 e. The molecule has 7 nitrogen and oxygen atoms in total. The Labute approximate surface area is 162 Å². The third-order valence-electron chi connectivity index (χ3n) is 4.79. The van der Waals surface area contributed by atoms with Gasteiger partial charge in [0.05, 0.1) is 12.3 Å². The number of carbonyl (C=O) groups is 1. The number of hydrogen-bond acceptors (Lipinski definition) is 4. The van der Waals surface area contributed by atoms with E-state index in [4.69, 9.17) is 4.74 Å². The molecule has 0 unspecified atom stereocenters. The normalized spacial score (nSPS) is 22.9. The topological polar surface area (TPSA) is 87.7 Å². The van der Waals surface area contributed by atoms with Crippen LogP contribution in [0.1, 0.15) is 45.6 Å². The Morgan fingerprint density at radius 1 is 1.30 bits per heavy atom. The van der Waals surface area contributed by atoms with E-state index in [0.717, 1.165) is 6.26 Å². The molecule has 3 atom stereocenters. The number of carbonyl (C=O) groups excluding carboxylic acids is 1. The van der Waals surface area contributed by atoms with Crippen molar-refractivity contribution < 1.29 is 17.9 Å². The van der Waals surface area contributed by atoms with Gasteiger partial charge < -0.3 is 15.0 Å². The predicted molar refractivity (Wildman–Crippen MR) is 107 cm³/mol. The third-order valence-corrected chi connectivity index (χ3v) is 5.52. The maximum absolute atomic E-state index is 12.5. The number of hydrogen-bond donors (Lipinski definition) is 2. The molecule has 1 aliphatic heterocycles. The lowest BCUT2D eigenvalue weighted by Gasteiger charge is -2.30. The average Bonchev–Trinajstić information content (AvgIpc) is 2.86. The molecule has 152 valence electrons. The Morgan fingerprint density at radius 3 is 2.44 bits per heavy atom. The van der Waals surface area contributed by atoms with E-state index >= 15 is 0 Å². The number of sulfonamides is 1. The van der Waals surface area contributed by atoms with E-state index in [1.165, 1.54) is 5.56 Å². The van der Waals surface area contributed by atoms with Crippen molar-refractivity contribution in [3.8, 4) is 5.75 Å². The van der Waals surface area contributed by atoms with Crippen LogP contribution in [0.4, 0.5) is 4.79 Å². The van der Waals surface area contributed by atoms with Gasteiger partial charge in [-0.25, -0.2) is 17.9 Å². The zero-order valence-corrected chi connectivity index (χ0v) is 17.5. The van der Waals surface area contributed by atoms with Crippen LogP contribution in [0.3, 0.4) is 0 Å². The van der Waals surface area contributed by atoms with Gasteiger partial charge in [0, 0.05) is 18.6 Å². The number of nitrogens with one attached hydrogen (secondary N) is 2. The summed E-state index contributed by atoms with van der Waals surface area (Å²) < 4.78 is 32.1. The first-order valence-electron chi connectivity index (χ1n) is 9.38. The number of benzene rings is 1. The number of rotatable bonds is 7. The number of ether oxygens (including phenoxy) is 1. The molecule has 0 aliphatic carbocycles. The molecule has 0 aromatic heterocycles. The molecule has 8 heteroatoms. The smallest absolute Gasteiger partial charge is 0.318 e. The predicted octanol–water partition coefficient (Wildman–Crippen LogP) is 2.30. The standard InChI is InChI=1S/C19H31N3O4S/c1-6-20-19(23)22-14(4)11-17(21-27(5,24)25)18(22)12-26-16-9-7-15(8-10-16)13(2)3/h7-10,13-14,17-18,21H,6,11-12H2,1-5H3,(H,20,23)/t14-,17+,18+/m1/s1. The van der Waals surface area contributed by atoms with Crippen molar-refractivity contribution in [3.63, 3.8) is 0 Å². The molecule has 0 saturated carbocycles. The van der Waals surface area contributed by atoms with Crippen LogP contribution in [0.15, 0.2) is 24.3 Å². The van der Waals surface area contributed by atoms with Gasteiger partial charge >= 0.3 is 6.03 Å². The van der Waals surface area contributed by atoms with Gasteiger partial charge in [0.2, 0.25) is 10.0 Å². The first kappa shape index (κ1) is 21.5. The fourth-order valence-electron chi connectivity index (χ4n) is 3.48. The van der Waals surface area contributed by atoms with E-state index in [1.54, 1.807) is 4.90 Å². The minimum atomic E-state index is -3.39. The SMILES string of the molecule is CCNC(=O)N1[C@H](C)C[C@H](NS(C)(=O)=O)[C@@H]1COc1ccc(C(C)C)cc1. The molecule has 1 saturated heterocycles. The van der Waals surface area contributed by atoms with E-state index in [9.17, 15) is 13.2 Å². The molecule has 2 rings (SSSR count).